The number of pyridine rings is 1. The lowest BCUT2D eigenvalue weighted by Crippen LogP contribution is -2.38. The number of aliphatic imine (C=N–C) groups is 1. The largest absolute Gasteiger partial charge is 0.484 e. The van der Waals surface area contributed by atoms with E-state index in [0.29, 0.717) is 24.6 Å². The fourth-order valence-corrected chi connectivity index (χ4v) is 2.30. The molecule has 0 bridgehead atoms. The van der Waals surface area contributed by atoms with Crippen LogP contribution in [0.15, 0.2) is 53.7 Å². The molecule has 1 heterocycles. The number of aromatic nitrogens is 1. The van der Waals surface area contributed by atoms with Crippen LogP contribution in [0.5, 0.6) is 5.75 Å². The van der Waals surface area contributed by atoms with Crippen molar-refractivity contribution in [2.24, 2.45) is 4.99 Å². The van der Waals surface area contributed by atoms with Crippen molar-refractivity contribution in [3.05, 3.63) is 59.9 Å². The predicted octanol–water partition coefficient (Wildman–Crippen LogP) is 3.32. The van der Waals surface area contributed by atoms with Crippen molar-refractivity contribution in [2.75, 3.05) is 19.7 Å². The normalized spacial score (nSPS) is 11.9. The zero-order valence-corrected chi connectivity index (χ0v) is 15.1. The first-order chi connectivity index (χ1) is 13.0. The van der Waals surface area contributed by atoms with E-state index < -0.39 is 12.8 Å². The first-order valence-corrected chi connectivity index (χ1v) is 8.67. The molecule has 2 N–H and O–H groups in total. The zero-order chi connectivity index (χ0) is 19.5. The third kappa shape index (κ3) is 7.98. The van der Waals surface area contributed by atoms with Gasteiger partial charge in [-0.15, -0.1) is 0 Å². The molecule has 0 saturated heterocycles. The van der Waals surface area contributed by atoms with Crippen molar-refractivity contribution in [3.8, 4) is 5.75 Å². The summed E-state index contributed by atoms with van der Waals surface area (Å²) in [6.45, 7) is 2.12. The van der Waals surface area contributed by atoms with Crippen LogP contribution in [0.25, 0.3) is 0 Å². The highest BCUT2D eigenvalue weighted by atomic mass is 19.4. The minimum absolute atomic E-state index is 0.183. The third-order valence-corrected chi connectivity index (χ3v) is 3.52. The molecule has 0 spiro atoms. The van der Waals surface area contributed by atoms with Crippen LogP contribution in [0.2, 0.25) is 0 Å². The second-order valence-electron chi connectivity index (χ2n) is 5.70. The summed E-state index contributed by atoms with van der Waals surface area (Å²) in [4.78, 5) is 8.69. The fourth-order valence-electron chi connectivity index (χ4n) is 2.30. The number of para-hydroxylation sites is 1. The van der Waals surface area contributed by atoms with Crippen LogP contribution >= 0.6 is 0 Å². The monoisotopic (exact) mass is 380 g/mol. The molecule has 0 fully saturated rings. The zero-order valence-electron chi connectivity index (χ0n) is 15.1. The van der Waals surface area contributed by atoms with E-state index >= 15 is 0 Å². The summed E-state index contributed by atoms with van der Waals surface area (Å²) in [5, 5.41) is 6.31. The van der Waals surface area contributed by atoms with Gasteiger partial charge in [0.2, 0.25) is 0 Å². The lowest BCUT2D eigenvalue weighted by atomic mass is 10.2. The van der Waals surface area contributed by atoms with Crippen molar-refractivity contribution in [2.45, 2.75) is 26.1 Å². The quantitative estimate of drug-likeness (QED) is 0.545. The molecule has 146 valence electrons. The standard InChI is InChI=1S/C19H23F3N4O/c1-2-23-18(25-12-10-16-8-5-6-11-24-16)26-13-15-7-3-4-9-17(15)27-14-19(20,21)22/h3-9,11H,2,10,12-14H2,1H3,(H2,23,25,26). The van der Waals surface area contributed by atoms with Crippen molar-refractivity contribution < 1.29 is 17.9 Å². The molecule has 2 aromatic rings. The number of nitrogens with one attached hydrogen (secondary N) is 2. The van der Waals surface area contributed by atoms with Crippen LogP contribution in [0.1, 0.15) is 18.2 Å². The van der Waals surface area contributed by atoms with Crippen molar-refractivity contribution in [1.82, 2.24) is 15.6 Å². The summed E-state index contributed by atoms with van der Waals surface area (Å²) >= 11 is 0. The van der Waals surface area contributed by atoms with Crippen molar-refractivity contribution >= 4 is 5.96 Å². The molecule has 0 unspecified atom stereocenters. The molecule has 1 aromatic carbocycles. The van der Waals surface area contributed by atoms with Crippen LogP contribution in [0.4, 0.5) is 13.2 Å². The molecule has 0 saturated carbocycles. The van der Waals surface area contributed by atoms with Gasteiger partial charge in [0.15, 0.2) is 12.6 Å². The predicted molar refractivity (Wildman–Crippen MR) is 98.8 cm³/mol. The lowest BCUT2D eigenvalue weighted by molar-refractivity contribution is -0.153. The summed E-state index contributed by atoms with van der Waals surface area (Å²) < 4.78 is 42.1. The Hall–Kier alpha value is -2.77. The Kier molecular flexibility index (Phi) is 7.91. The van der Waals surface area contributed by atoms with Crippen LogP contribution in [0.3, 0.4) is 0 Å². The van der Waals surface area contributed by atoms with Gasteiger partial charge in [0.25, 0.3) is 0 Å². The van der Waals surface area contributed by atoms with Gasteiger partial charge in [0, 0.05) is 37.0 Å². The summed E-state index contributed by atoms with van der Waals surface area (Å²) in [5.74, 6) is 0.766. The average molecular weight is 380 g/mol. The maximum atomic E-state index is 12.4. The number of nitrogens with zero attached hydrogens (tertiary/aromatic N) is 2. The maximum absolute atomic E-state index is 12.4. The molecule has 0 aliphatic heterocycles. The molecule has 0 amide bonds. The van der Waals surface area contributed by atoms with Gasteiger partial charge in [0.05, 0.1) is 6.54 Å². The van der Waals surface area contributed by atoms with Crippen LogP contribution in [0, 0.1) is 0 Å². The second-order valence-corrected chi connectivity index (χ2v) is 5.70. The number of ether oxygens (including phenoxy) is 1. The lowest BCUT2D eigenvalue weighted by Gasteiger charge is -2.14. The van der Waals surface area contributed by atoms with Crippen LogP contribution in [-0.4, -0.2) is 36.8 Å². The molecule has 1 aromatic heterocycles. The van der Waals surface area contributed by atoms with Crippen LogP contribution < -0.4 is 15.4 Å². The summed E-state index contributed by atoms with van der Waals surface area (Å²) in [5.41, 5.74) is 1.55. The van der Waals surface area contributed by atoms with Gasteiger partial charge in [0.1, 0.15) is 5.75 Å². The van der Waals surface area contributed by atoms with E-state index in [1.54, 1.807) is 24.4 Å². The number of hydrogen-bond donors (Lipinski definition) is 2. The smallest absolute Gasteiger partial charge is 0.422 e. The van der Waals surface area contributed by atoms with Gasteiger partial charge in [-0.2, -0.15) is 13.2 Å². The van der Waals surface area contributed by atoms with Gasteiger partial charge in [-0.25, -0.2) is 4.99 Å². The topological polar surface area (TPSA) is 58.5 Å². The van der Waals surface area contributed by atoms with Gasteiger partial charge < -0.3 is 15.4 Å². The van der Waals surface area contributed by atoms with E-state index in [1.165, 1.54) is 6.07 Å². The minimum atomic E-state index is -4.38. The summed E-state index contributed by atoms with van der Waals surface area (Å²) in [6.07, 6.45) is -1.90. The van der Waals surface area contributed by atoms with E-state index in [0.717, 1.165) is 12.1 Å². The Morgan fingerprint density at radius 2 is 1.89 bits per heavy atom. The van der Waals surface area contributed by atoms with E-state index in [4.69, 9.17) is 4.74 Å². The highest BCUT2D eigenvalue weighted by Crippen LogP contribution is 2.22. The Labute approximate surface area is 156 Å². The van der Waals surface area contributed by atoms with E-state index in [-0.39, 0.29) is 12.3 Å². The second kappa shape index (κ2) is 10.4. The number of alkyl halides is 3. The molecule has 0 radical (unpaired) electrons. The number of halogens is 3. The molecule has 0 atom stereocenters. The first kappa shape index (κ1) is 20.5. The van der Waals surface area contributed by atoms with Gasteiger partial charge >= 0.3 is 6.18 Å². The van der Waals surface area contributed by atoms with E-state index in [1.807, 2.05) is 25.1 Å². The van der Waals surface area contributed by atoms with Crippen LogP contribution in [-0.2, 0) is 13.0 Å². The molecule has 5 nitrogen and oxygen atoms in total. The Morgan fingerprint density at radius 1 is 1.11 bits per heavy atom. The van der Waals surface area contributed by atoms with E-state index in [2.05, 4.69) is 20.6 Å². The Bertz CT molecular complexity index is 720. The first-order valence-electron chi connectivity index (χ1n) is 8.67. The molecule has 2 rings (SSSR count). The molecule has 0 aliphatic carbocycles. The maximum Gasteiger partial charge on any atom is 0.422 e. The summed E-state index contributed by atoms with van der Waals surface area (Å²) in [7, 11) is 0. The van der Waals surface area contributed by atoms with Gasteiger partial charge in [-0.3, -0.25) is 4.98 Å². The Balaban J connectivity index is 1.95. The van der Waals surface area contributed by atoms with Gasteiger partial charge in [-0.05, 0) is 25.1 Å². The molecule has 0 aliphatic rings. The minimum Gasteiger partial charge on any atom is -0.484 e. The highest BCUT2D eigenvalue weighted by Gasteiger charge is 2.28. The average Bonchev–Trinajstić information content (AvgIpc) is 2.65. The summed E-state index contributed by atoms with van der Waals surface area (Å²) in [6, 6.07) is 12.3. The van der Waals surface area contributed by atoms with Gasteiger partial charge in [-0.1, -0.05) is 24.3 Å². The molecule has 8 heteroatoms. The highest BCUT2D eigenvalue weighted by molar-refractivity contribution is 5.79. The number of rotatable bonds is 8. The SMILES string of the molecule is CCNC(=NCc1ccccc1OCC(F)(F)F)NCCc1ccccn1. The third-order valence-electron chi connectivity index (χ3n) is 3.52. The Morgan fingerprint density at radius 3 is 2.59 bits per heavy atom. The molecular formula is C19H23F3N4O. The fraction of sp³-hybridized carbons (Fsp3) is 0.368. The molecular weight excluding hydrogens is 357 g/mol. The molecule has 27 heavy (non-hydrogen) atoms. The number of hydrogen-bond acceptors (Lipinski definition) is 3. The van der Waals surface area contributed by atoms with Crippen molar-refractivity contribution in [1.29, 1.82) is 0 Å². The van der Waals surface area contributed by atoms with Crippen molar-refractivity contribution in [3.63, 3.8) is 0 Å². The number of benzene rings is 1. The number of guanidine groups is 1. The van der Waals surface area contributed by atoms with E-state index in [9.17, 15) is 13.2 Å².